The molecule has 3 nitrogen and oxygen atoms in total. The SMILES string of the molecule is C=C(C)C(=O)C(CC)[Si](C)(OCC)OCC. The number of carbonyl (C=O) groups excluding carboxylic acids is 1. The van der Waals surface area contributed by atoms with Gasteiger partial charge < -0.3 is 8.85 Å². The number of hydrogen-bond donors (Lipinski definition) is 0. The third-order valence-electron chi connectivity index (χ3n) is 2.64. The van der Waals surface area contributed by atoms with Crippen molar-refractivity contribution in [1.29, 1.82) is 0 Å². The molecule has 16 heavy (non-hydrogen) atoms. The Kier molecular flexibility index (Phi) is 6.79. The molecule has 0 bridgehead atoms. The molecule has 4 heteroatoms. The lowest BCUT2D eigenvalue weighted by molar-refractivity contribution is -0.116. The van der Waals surface area contributed by atoms with Crippen molar-refractivity contribution in [1.82, 2.24) is 0 Å². The molecule has 0 N–H and O–H groups in total. The Morgan fingerprint density at radius 2 is 1.69 bits per heavy atom. The molecule has 0 aliphatic carbocycles. The molecule has 94 valence electrons. The van der Waals surface area contributed by atoms with Crippen LogP contribution in [0.25, 0.3) is 0 Å². The zero-order valence-corrected chi connectivity index (χ0v) is 12.1. The Morgan fingerprint density at radius 1 is 1.25 bits per heavy atom. The van der Waals surface area contributed by atoms with Crippen LogP contribution in [-0.2, 0) is 13.6 Å². The van der Waals surface area contributed by atoms with Crippen LogP contribution < -0.4 is 0 Å². The van der Waals surface area contributed by atoms with E-state index in [1.165, 1.54) is 0 Å². The first-order chi connectivity index (χ1) is 7.42. The van der Waals surface area contributed by atoms with Crippen LogP contribution in [0.3, 0.4) is 0 Å². The number of Topliss-reactive ketones (excluding diaryl/α,β-unsaturated/α-hetero) is 1. The average Bonchev–Trinajstić information content (AvgIpc) is 2.18. The van der Waals surface area contributed by atoms with Crippen LogP contribution in [0.2, 0.25) is 12.1 Å². The van der Waals surface area contributed by atoms with Gasteiger partial charge in [-0.25, -0.2) is 0 Å². The van der Waals surface area contributed by atoms with Gasteiger partial charge >= 0.3 is 8.56 Å². The van der Waals surface area contributed by atoms with E-state index in [0.29, 0.717) is 18.8 Å². The van der Waals surface area contributed by atoms with Crippen molar-refractivity contribution >= 4 is 14.3 Å². The van der Waals surface area contributed by atoms with Crippen LogP contribution in [0, 0.1) is 0 Å². The van der Waals surface area contributed by atoms with E-state index < -0.39 is 8.56 Å². The van der Waals surface area contributed by atoms with Crippen molar-refractivity contribution < 1.29 is 13.6 Å². The van der Waals surface area contributed by atoms with E-state index in [4.69, 9.17) is 8.85 Å². The highest BCUT2D eigenvalue weighted by atomic mass is 28.4. The Bertz CT molecular complexity index is 245. The maximum absolute atomic E-state index is 12.0. The van der Waals surface area contributed by atoms with E-state index in [1.54, 1.807) is 6.92 Å². The Hall–Kier alpha value is -0.453. The maximum Gasteiger partial charge on any atom is 0.346 e. The minimum atomic E-state index is -2.42. The second kappa shape index (κ2) is 6.99. The second-order valence-corrected chi connectivity index (χ2v) is 7.29. The molecule has 0 rings (SSSR count). The molecule has 0 radical (unpaired) electrons. The molecule has 0 aromatic rings. The summed E-state index contributed by atoms with van der Waals surface area (Å²) in [6, 6.07) is 0. The number of allylic oxidation sites excluding steroid dienone is 1. The standard InChI is InChI=1S/C12H24O3Si/c1-7-11(12(13)10(4)5)16(6,14-8-2)15-9-3/h11H,4,7-9H2,1-3,5-6H3. The van der Waals surface area contributed by atoms with Gasteiger partial charge in [-0.15, -0.1) is 0 Å². The Labute approximate surface area is 100 Å². The van der Waals surface area contributed by atoms with E-state index in [9.17, 15) is 4.79 Å². The first kappa shape index (κ1) is 15.5. The van der Waals surface area contributed by atoms with Gasteiger partial charge in [0.15, 0.2) is 5.78 Å². The summed E-state index contributed by atoms with van der Waals surface area (Å²) in [5, 5.41) is 0. The number of hydrogen-bond acceptors (Lipinski definition) is 3. The van der Waals surface area contributed by atoms with Crippen molar-refractivity contribution in [2.24, 2.45) is 0 Å². The van der Waals surface area contributed by atoms with Crippen molar-refractivity contribution in [3.63, 3.8) is 0 Å². The fourth-order valence-electron chi connectivity index (χ4n) is 1.91. The third-order valence-corrected chi connectivity index (χ3v) is 6.30. The van der Waals surface area contributed by atoms with E-state index in [1.807, 2.05) is 27.3 Å². The highest BCUT2D eigenvalue weighted by molar-refractivity contribution is 6.71. The molecule has 0 fully saturated rings. The lowest BCUT2D eigenvalue weighted by Crippen LogP contribution is -2.47. The van der Waals surface area contributed by atoms with Gasteiger partial charge in [-0.1, -0.05) is 13.5 Å². The first-order valence-corrected chi connectivity index (χ1v) is 8.29. The summed E-state index contributed by atoms with van der Waals surface area (Å²) in [6.07, 6.45) is 0.744. The first-order valence-electron chi connectivity index (χ1n) is 5.90. The number of ketones is 1. The molecule has 0 saturated heterocycles. The van der Waals surface area contributed by atoms with Gasteiger partial charge in [0, 0.05) is 13.2 Å². The molecule has 1 unspecified atom stereocenters. The lowest BCUT2D eigenvalue weighted by atomic mass is 10.1. The maximum atomic E-state index is 12.0. The van der Waals surface area contributed by atoms with Crippen LogP contribution in [0.4, 0.5) is 0 Å². The summed E-state index contributed by atoms with van der Waals surface area (Å²) in [7, 11) is -2.42. The monoisotopic (exact) mass is 244 g/mol. The topological polar surface area (TPSA) is 35.5 Å². The molecular weight excluding hydrogens is 220 g/mol. The van der Waals surface area contributed by atoms with Gasteiger partial charge in [-0.2, -0.15) is 0 Å². The molecule has 1 atom stereocenters. The molecule has 0 aromatic carbocycles. The number of rotatable bonds is 8. The fraction of sp³-hybridized carbons (Fsp3) is 0.750. The summed E-state index contributed by atoms with van der Waals surface area (Å²) in [5.74, 6) is 0.0820. The predicted molar refractivity (Wildman–Crippen MR) is 68.7 cm³/mol. The lowest BCUT2D eigenvalue weighted by Gasteiger charge is -2.32. The van der Waals surface area contributed by atoms with Crippen molar-refractivity contribution in [2.45, 2.75) is 46.2 Å². The molecular formula is C12H24O3Si. The quantitative estimate of drug-likeness (QED) is 0.486. The van der Waals surface area contributed by atoms with Crippen LogP contribution in [0.5, 0.6) is 0 Å². The van der Waals surface area contributed by atoms with Gasteiger partial charge in [-0.05, 0) is 39.3 Å². The molecule has 0 heterocycles. The van der Waals surface area contributed by atoms with Gasteiger partial charge in [0.25, 0.3) is 0 Å². The largest absolute Gasteiger partial charge is 0.394 e. The summed E-state index contributed by atoms with van der Waals surface area (Å²) in [5.41, 5.74) is 0.440. The Balaban J connectivity index is 4.97. The van der Waals surface area contributed by atoms with Gasteiger partial charge in [0.1, 0.15) is 0 Å². The molecule has 0 spiro atoms. The van der Waals surface area contributed by atoms with E-state index >= 15 is 0 Å². The minimum Gasteiger partial charge on any atom is -0.394 e. The molecule has 0 aliphatic heterocycles. The van der Waals surface area contributed by atoms with E-state index in [-0.39, 0.29) is 11.3 Å². The van der Waals surface area contributed by atoms with Crippen LogP contribution in [0.15, 0.2) is 12.2 Å². The highest BCUT2D eigenvalue weighted by Crippen LogP contribution is 2.30. The van der Waals surface area contributed by atoms with Gasteiger partial charge in [0.05, 0.1) is 5.54 Å². The zero-order valence-electron chi connectivity index (χ0n) is 11.1. The summed E-state index contributed by atoms with van der Waals surface area (Å²) in [6.45, 7) is 14.5. The molecule has 0 saturated carbocycles. The van der Waals surface area contributed by atoms with Crippen molar-refractivity contribution in [2.75, 3.05) is 13.2 Å². The zero-order chi connectivity index (χ0) is 12.8. The van der Waals surface area contributed by atoms with Crippen LogP contribution in [-0.4, -0.2) is 27.6 Å². The minimum absolute atomic E-state index is 0.0820. The normalized spacial score (nSPS) is 13.6. The van der Waals surface area contributed by atoms with Gasteiger partial charge in [-0.3, -0.25) is 4.79 Å². The van der Waals surface area contributed by atoms with Crippen molar-refractivity contribution in [3.05, 3.63) is 12.2 Å². The van der Waals surface area contributed by atoms with Gasteiger partial charge in [0.2, 0.25) is 0 Å². The van der Waals surface area contributed by atoms with Crippen molar-refractivity contribution in [3.8, 4) is 0 Å². The average molecular weight is 244 g/mol. The number of carbonyl (C=O) groups is 1. The Morgan fingerprint density at radius 3 is 1.94 bits per heavy atom. The van der Waals surface area contributed by atoms with E-state index in [0.717, 1.165) is 6.42 Å². The van der Waals surface area contributed by atoms with E-state index in [2.05, 4.69) is 6.58 Å². The van der Waals surface area contributed by atoms with Crippen LogP contribution >= 0.6 is 0 Å². The molecule has 0 aliphatic rings. The molecule has 0 amide bonds. The molecule has 0 aromatic heterocycles. The predicted octanol–water partition coefficient (Wildman–Crippen LogP) is 3.06. The third kappa shape index (κ3) is 3.85. The second-order valence-electron chi connectivity index (χ2n) is 3.99. The smallest absolute Gasteiger partial charge is 0.346 e. The highest BCUT2D eigenvalue weighted by Gasteiger charge is 2.44. The summed E-state index contributed by atoms with van der Waals surface area (Å²) < 4.78 is 11.5. The van der Waals surface area contributed by atoms with Crippen LogP contribution in [0.1, 0.15) is 34.1 Å². The summed E-state index contributed by atoms with van der Waals surface area (Å²) >= 11 is 0. The summed E-state index contributed by atoms with van der Waals surface area (Å²) in [4.78, 5) is 12.0. The fourth-order valence-corrected chi connectivity index (χ4v) is 5.00.